The fraction of sp³-hybridized carbons (Fsp3) is 0.464. The summed E-state index contributed by atoms with van der Waals surface area (Å²) >= 11 is 0. The van der Waals surface area contributed by atoms with Crippen molar-refractivity contribution in [1.82, 2.24) is 4.90 Å². The van der Waals surface area contributed by atoms with E-state index in [2.05, 4.69) is 6.07 Å². The zero-order valence-corrected chi connectivity index (χ0v) is 22.5. The summed E-state index contributed by atoms with van der Waals surface area (Å²) in [6.45, 7) is 5.33. The number of hydrogen-bond acceptors (Lipinski definition) is 6. The van der Waals surface area contributed by atoms with Crippen LogP contribution < -0.4 is 5.14 Å². The van der Waals surface area contributed by atoms with Gasteiger partial charge in [-0.05, 0) is 87.3 Å². The van der Waals surface area contributed by atoms with Crippen LogP contribution in [0.25, 0.3) is 11.1 Å². The normalized spacial score (nSPS) is 21.7. The minimum absolute atomic E-state index is 0.0266. The zero-order valence-electron chi connectivity index (χ0n) is 21.7. The molecule has 1 saturated carbocycles. The fourth-order valence-corrected chi connectivity index (χ4v) is 6.08. The van der Waals surface area contributed by atoms with Gasteiger partial charge in [-0.1, -0.05) is 24.3 Å². The van der Waals surface area contributed by atoms with Gasteiger partial charge in [0, 0.05) is 12.5 Å². The van der Waals surface area contributed by atoms with E-state index in [1.165, 1.54) is 30.3 Å². The number of piperidine rings is 1. The third-order valence-electron chi connectivity index (χ3n) is 7.16. The second kappa shape index (κ2) is 10.5. The molecule has 10 heteroatoms. The lowest BCUT2D eigenvalue weighted by atomic mass is 9.87. The van der Waals surface area contributed by atoms with E-state index in [1.807, 2.05) is 0 Å². The summed E-state index contributed by atoms with van der Waals surface area (Å²) < 4.78 is 43.9. The van der Waals surface area contributed by atoms with Crippen LogP contribution in [0, 0.1) is 29.0 Å². The number of halogens is 1. The molecule has 0 radical (unpaired) electrons. The van der Waals surface area contributed by atoms with E-state index in [1.54, 1.807) is 37.8 Å². The number of amides is 1. The Hall–Kier alpha value is -3.29. The molecule has 202 valence electrons. The van der Waals surface area contributed by atoms with Crippen molar-refractivity contribution in [3.8, 4) is 17.2 Å². The number of nitriles is 1. The van der Waals surface area contributed by atoms with Crippen LogP contribution in [0.2, 0.25) is 0 Å². The summed E-state index contributed by atoms with van der Waals surface area (Å²) in [6.07, 6.45) is 1.84. The Bertz CT molecular complexity index is 1400. The Balaban J connectivity index is 1.47. The van der Waals surface area contributed by atoms with Crippen LogP contribution in [-0.4, -0.2) is 42.9 Å². The summed E-state index contributed by atoms with van der Waals surface area (Å²) in [5, 5.41) is 15.0. The molecule has 2 N–H and O–H groups in total. The number of carbonyl (C=O) groups is 2. The summed E-state index contributed by atoms with van der Waals surface area (Å²) in [5.41, 5.74) is 0.516. The Labute approximate surface area is 222 Å². The first kappa shape index (κ1) is 27.7. The number of rotatable bonds is 7. The highest BCUT2D eigenvalue weighted by Crippen LogP contribution is 2.44. The van der Waals surface area contributed by atoms with Gasteiger partial charge in [-0.25, -0.2) is 22.7 Å². The molecule has 2 aliphatic rings. The van der Waals surface area contributed by atoms with Gasteiger partial charge >= 0.3 is 6.09 Å². The molecule has 4 rings (SSSR count). The van der Waals surface area contributed by atoms with E-state index < -0.39 is 39.5 Å². The molecule has 1 aliphatic heterocycles. The maximum Gasteiger partial charge on any atom is 0.411 e. The molecule has 1 saturated heterocycles. The lowest BCUT2D eigenvalue weighted by Crippen LogP contribution is -2.51. The van der Waals surface area contributed by atoms with Crippen molar-refractivity contribution in [1.29, 1.82) is 5.26 Å². The van der Waals surface area contributed by atoms with Gasteiger partial charge in [-0.15, -0.1) is 0 Å². The van der Waals surface area contributed by atoms with Crippen LogP contribution in [0.15, 0.2) is 47.4 Å². The number of Topliss-reactive ketones (excluding diaryl/α,β-unsaturated/α-hetero) is 1. The Morgan fingerprint density at radius 2 is 1.89 bits per heavy atom. The van der Waals surface area contributed by atoms with E-state index in [4.69, 9.17) is 9.88 Å². The van der Waals surface area contributed by atoms with Crippen LogP contribution in [0.4, 0.5) is 9.18 Å². The molecule has 0 aromatic heterocycles. The average molecular weight is 542 g/mol. The number of hydrogen-bond donors (Lipinski definition) is 1. The van der Waals surface area contributed by atoms with Crippen LogP contribution in [0.5, 0.6) is 0 Å². The topological polar surface area (TPSA) is 131 Å². The van der Waals surface area contributed by atoms with Gasteiger partial charge in [0.05, 0.1) is 22.9 Å². The molecule has 4 atom stereocenters. The fourth-order valence-electron chi connectivity index (χ4n) is 5.52. The molecule has 1 unspecified atom stereocenters. The Morgan fingerprint density at radius 1 is 1.18 bits per heavy atom. The zero-order chi connectivity index (χ0) is 27.8. The maximum atomic E-state index is 15.0. The van der Waals surface area contributed by atoms with Gasteiger partial charge in [0.1, 0.15) is 11.4 Å². The van der Waals surface area contributed by atoms with Gasteiger partial charge in [0.2, 0.25) is 10.0 Å². The number of primary sulfonamides is 1. The molecule has 2 aromatic carbocycles. The number of carbonyl (C=O) groups excluding carboxylic acids is 2. The molecular weight excluding hydrogens is 509 g/mol. The third kappa shape index (κ3) is 6.05. The number of fused-ring (bicyclic) bond motifs is 2. The number of ketones is 1. The molecule has 8 nitrogen and oxygen atoms in total. The van der Waals surface area contributed by atoms with Crippen LogP contribution >= 0.6 is 0 Å². The molecule has 38 heavy (non-hydrogen) atoms. The molecule has 1 amide bonds. The van der Waals surface area contributed by atoms with Crippen molar-refractivity contribution in [2.24, 2.45) is 17.0 Å². The first-order valence-corrected chi connectivity index (χ1v) is 14.2. The van der Waals surface area contributed by atoms with Gasteiger partial charge in [0.15, 0.2) is 5.78 Å². The Morgan fingerprint density at radius 3 is 2.53 bits per heavy atom. The van der Waals surface area contributed by atoms with Crippen LogP contribution in [0.3, 0.4) is 0 Å². The van der Waals surface area contributed by atoms with E-state index in [9.17, 15) is 23.3 Å². The molecular formula is C28H32FN3O5S. The lowest BCUT2D eigenvalue weighted by molar-refractivity contribution is -0.126. The molecule has 2 bridgehead atoms. The standard InChI is InChI=1S/C28H32FN3O5S/c1-28(2,3)37-27(34)32-22-10-9-21(13-22)26(32)25(33)12-17(16-30)11-20-8-7-19(15-24(20)29)18-5-4-6-23(14-18)38(31,35)36/h4-8,14-15,17,21-22,26H,9-13H2,1-3H3,(H2,31,35,36)/t17?,21-,22+,26-/m0/s1. The predicted octanol–water partition coefficient (Wildman–Crippen LogP) is 4.57. The van der Waals surface area contributed by atoms with Crippen LogP contribution in [-0.2, 0) is 26.0 Å². The summed E-state index contributed by atoms with van der Waals surface area (Å²) in [7, 11) is -3.91. The predicted molar refractivity (Wildman–Crippen MR) is 139 cm³/mol. The summed E-state index contributed by atoms with van der Waals surface area (Å²) in [5.74, 6) is -1.49. The van der Waals surface area contributed by atoms with E-state index >= 15 is 4.39 Å². The van der Waals surface area contributed by atoms with Gasteiger partial charge < -0.3 is 4.74 Å². The smallest absolute Gasteiger partial charge is 0.411 e. The molecule has 1 heterocycles. The molecule has 2 aromatic rings. The minimum Gasteiger partial charge on any atom is -0.444 e. The van der Waals surface area contributed by atoms with Crippen LogP contribution in [0.1, 0.15) is 52.0 Å². The lowest BCUT2D eigenvalue weighted by Gasteiger charge is -2.35. The highest BCUT2D eigenvalue weighted by molar-refractivity contribution is 7.89. The summed E-state index contributed by atoms with van der Waals surface area (Å²) in [4.78, 5) is 27.7. The van der Waals surface area contributed by atoms with Gasteiger partial charge in [-0.2, -0.15) is 5.26 Å². The second-order valence-corrected chi connectivity index (χ2v) is 12.7. The molecule has 1 aliphatic carbocycles. The van der Waals surface area contributed by atoms with E-state index in [0.29, 0.717) is 11.1 Å². The van der Waals surface area contributed by atoms with Crippen molar-refractivity contribution >= 4 is 21.9 Å². The largest absolute Gasteiger partial charge is 0.444 e. The number of ether oxygens (including phenoxy) is 1. The number of benzene rings is 2. The highest BCUT2D eigenvalue weighted by Gasteiger charge is 2.52. The minimum atomic E-state index is -3.91. The number of nitrogens with zero attached hydrogens (tertiary/aromatic N) is 2. The van der Waals surface area contributed by atoms with Crippen molar-refractivity contribution in [3.63, 3.8) is 0 Å². The quantitative estimate of drug-likeness (QED) is 0.546. The number of likely N-dealkylation sites (tertiary alicyclic amines) is 1. The summed E-state index contributed by atoms with van der Waals surface area (Å²) in [6, 6.07) is 11.8. The second-order valence-electron chi connectivity index (χ2n) is 11.1. The van der Waals surface area contributed by atoms with E-state index in [-0.39, 0.29) is 41.0 Å². The van der Waals surface area contributed by atoms with Crippen molar-refractivity contribution in [2.75, 3.05) is 0 Å². The monoisotopic (exact) mass is 541 g/mol. The molecule has 2 fully saturated rings. The SMILES string of the molecule is CC(C)(C)OC(=O)N1[C@@H]2CC[C@@H](C2)[C@H]1C(=O)CC(C#N)Cc1ccc(-c2cccc(S(N)(=O)=O)c2)cc1F. The molecule has 0 spiro atoms. The van der Waals surface area contributed by atoms with Crippen molar-refractivity contribution < 1.29 is 27.1 Å². The first-order chi connectivity index (χ1) is 17.8. The van der Waals surface area contributed by atoms with Gasteiger partial charge in [-0.3, -0.25) is 9.69 Å². The highest BCUT2D eigenvalue weighted by atomic mass is 32.2. The third-order valence-corrected chi connectivity index (χ3v) is 8.08. The van der Waals surface area contributed by atoms with Gasteiger partial charge in [0.25, 0.3) is 0 Å². The van der Waals surface area contributed by atoms with Crippen molar-refractivity contribution in [3.05, 3.63) is 53.8 Å². The first-order valence-electron chi connectivity index (χ1n) is 12.6. The average Bonchev–Trinajstić information content (AvgIpc) is 3.45. The number of sulfonamides is 1. The maximum absolute atomic E-state index is 15.0. The van der Waals surface area contributed by atoms with E-state index in [0.717, 1.165) is 19.3 Å². The Kier molecular flexibility index (Phi) is 7.64. The number of nitrogens with two attached hydrogens (primary N) is 1. The van der Waals surface area contributed by atoms with Crippen molar-refractivity contribution in [2.45, 2.75) is 75.5 Å².